The van der Waals surface area contributed by atoms with Crippen LogP contribution in [0.5, 0.6) is 5.75 Å². The van der Waals surface area contributed by atoms with Gasteiger partial charge in [-0.1, -0.05) is 0 Å². The number of ether oxygens (including phenoxy) is 3. The van der Waals surface area contributed by atoms with Gasteiger partial charge >= 0.3 is 17.9 Å². The molecule has 1 aromatic heterocycles. The van der Waals surface area contributed by atoms with Crippen LogP contribution in [-0.4, -0.2) is 32.1 Å². The van der Waals surface area contributed by atoms with Crippen LogP contribution in [0.15, 0.2) is 24.3 Å². The van der Waals surface area contributed by atoms with Gasteiger partial charge in [-0.2, -0.15) is 0 Å². The van der Waals surface area contributed by atoms with Crippen LogP contribution in [0, 0.1) is 0 Å². The fourth-order valence-electron chi connectivity index (χ4n) is 2.72. The van der Waals surface area contributed by atoms with Crippen molar-refractivity contribution in [1.29, 1.82) is 0 Å². The highest BCUT2D eigenvalue weighted by molar-refractivity contribution is 7.14. The molecule has 0 amide bonds. The van der Waals surface area contributed by atoms with E-state index in [4.69, 9.17) is 4.74 Å². The highest BCUT2D eigenvalue weighted by atomic mass is 32.1. The monoisotopic (exact) mass is 360 g/mol. The summed E-state index contributed by atoms with van der Waals surface area (Å²) in [7, 11) is 2.46. The summed E-state index contributed by atoms with van der Waals surface area (Å²) in [5, 5.41) is 0. The fourth-order valence-corrected chi connectivity index (χ4v) is 3.85. The lowest BCUT2D eigenvalue weighted by Crippen LogP contribution is -2.11. The molecular weight excluding hydrogens is 344 g/mol. The van der Waals surface area contributed by atoms with E-state index in [9.17, 15) is 14.4 Å². The molecule has 0 fully saturated rings. The van der Waals surface area contributed by atoms with Crippen LogP contribution in [0.25, 0.3) is 0 Å². The number of methoxy groups -OCH3 is 2. The molecule has 1 aliphatic carbocycles. The zero-order valence-corrected chi connectivity index (χ0v) is 14.6. The van der Waals surface area contributed by atoms with Gasteiger partial charge in [0, 0.05) is 4.88 Å². The number of hydrogen-bond acceptors (Lipinski definition) is 7. The molecule has 0 bridgehead atoms. The number of hydrogen-bond donors (Lipinski definition) is 0. The Morgan fingerprint density at radius 3 is 2.08 bits per heavy atom. The molecular formula is C18H16O6S. The lowest BCUT2D eigenvalue weighted by atomic mass is 10.1. The van der Waals surface area contributed by atoms with Crippen molar-refractivity contribution >= 4 is 29.2 Å². The fraction of sp³-hybridized carbons (Fsp3) is 0.278. The first-order valence-electron chi connectivity index (χ1n) is 7.67. The zero-order chi connectivity index (χ0) is 18.0. The number of carbonyl (C=O) groups excluding carboxylic acids is 3. The van der Waals surface area contributed by atoms with Gasteiger partial charge in [-0.3, -0.25) is 0 Å². The second-order valence-corrected chi connectivity index (χ2v) is 6.67. The van der Waals surface area contributed by atoms with Crippen molar-refractivity contribution < 1.29 is 28.6 Å². The van der Waals surface area contributed by atoms with E-state index in [1.54, 1.807) is 0 Å². The maximum Gasteiger partial charge on any atom is 0.353 e. The average molecular weight is 360 g/mol. The minimum atomic E-state index is -0.641. The van der Waals surface area contributed by atoms with E-state index in [0.29, 0.717) is 4.88 Å². The van der Waals surface area contributed by atoms with Crippen LogP contribution < -0.4 is 4.74 Å². The Morgan fingerprint density at radius 2 is 1.52 bits per heavy atom. The zero-order valence-electron chi connectivity index (χ0n) is 13.8. The van der Waals surface area contributed by atoms with E-state index in [-0.39, 0.29) is 16.9 Å². The van der Waals surface area contributed by atoms with Gasteiger partial charge in [-0.25, -0.2) is 14.4 Å². The highest BCUT2D eigenvalue weighted by Crippen LogP contribution is 2.31. The maximum absolute atomic E-state index is 12.4. The molecule has 0 unspecified atom stereocenters. The molecule has 1 aliphatic rings. The van der Waals surface area contributed by atoms with E-state index in [1.807, 2.05) is 6.07 Å². The predicted molar refractivity (Wildman–Crippen MR) is 90.4 cm³/mol. The smallest absolute Gasteiger partial charge is 0.353 e. The van der Waals surface area contributed by atoms with Crippen LogP contribution in [0.2, 0.25) is 0 Å². The topological polar surface area (TPSA) is 78.9 Å². The SMILES string of the molecule is COC(=O)c1cc(OC(=O)c2cc3c(s2)CCC3)cc(C(=O)OC)c1. The summed E-state index contributed by atoms with van der Waals surface area (Å²) in [5.74, 6) is -1.71. The molecule has 1 aromatic carbocycles. The number of thiophene rings is 1. The largest absolute Gasteiger partial charge is 0.465 e. The lowest BCUT2D eigenvalue weighted by Gasteiger charge is -2.08. The Balaban J connectivity index is 1.88. The minimum absolute atomic E-state index is 0.0851. The van der Waals surface area contributed by atoms with Crippen molar-refractivity contribution in [2.75, 3.05) is 14.2 Å². The van der Waals surface area contributed by atoms with Crippen molar-refractivity contribution in [2.24, 2.45) is 0 Å². The number of carbonyl (C=O) groups is 3. The van der Waals surface area contributed by atoms with Gasteiger partial charge < -0.3 is 14.2 Å². The van der Waals surface area contributed by atoms with Gasteiger partial charge in [0.1, 0.15) is 10.6 Å². The van der Waals surface area contributed by atoms with E-state index >= 15 is 0 Å². The summed E-state index contributed by atoms with van der Waals surface area (Å²) in [5.41, 5.74) is 1.39. The molecule has 130 valence electrons. The first-order valence-corrected chi connectivity index (χ1v) is 8.49. The van der Waals surface area contributed by atoms with E-state index in [1.165, 1.54) is 54.2 Å². The summed E-state index contributed by atoms with van der Waals surface area (Å²) in [6.07, 6.45) is 3.07. The van der Waals surface area contributed by atoms with E-state index in [2.05, 4.69) is 9.47 Å². The average Bonchev–Trinajstić information content (AvgIpc) is 3.21. The van der Waals surface area contributed by atoms with Crippen LogP contribution in [0.4, 0.5) is 0 Å². The maximum atomic E-state index is 12.4. The number of benzene rings is 1. The lowest BCUT2D eigenvalue weighted by molar-refractivity contribution is 0.0593. The first-order chi connectivity index (χ1) is 12.0. The number of rotatable bonds is 4. The summed E-state index contributed by atoms with van der Waals surface area (Å²) >= 11 is 1.42. The third-order valence-electron chi connectivity index (χ3n) is 3.91. The molecule has 0 saturated heterocycles. The Kier molecular flexibility index (Phi) is 4.85. The molecule has 2 aromatic rings. The van der Waals surface area contributed by atoms with Gasteiger partial charge in [0.2, 0.25) is 0 Å². The Bertz CT molecular complexity index is 795. The third kappa shape index (κ3) is 3.56. The molecule has 6 nitrogen and oxygen atoms in total. The second kappa shape index (κ2) is 7.06. The molecule has 0 spiro atoms. The summed E-state index contributed by atoms with van der Waals surface area (Å²) < 4.78 is 14.7. The normalized spacial score (nSPS) is 12.4. The van der Waals surface area contributed by atoms with Crippen molar-refractivity contribution in [3.05, 3.63) is 50.7 Å². The molecule has 0 saturated carbocycles. The van der Waals surface area contributed by atoms with Crippen molar-refractivity contribution in [2.45, 2.75) is 19.3 Å². The molecule has 3 rings (SSSR count). The van der Waals surface area contributed by atoms with Crippen molar-refractivity contribution in [1.82, 2.24) is 0 Å². The van der Waals surface area contributed by atoms with Crippen LogP contribution in [0.3, 0.4) is 0 Å². The summed E-state index contributed by atoms with van der Waals surface area (Å²) in [6, 6.07) is 5.89. The standard InChI is InChI=1S/C18H16O6S/c1-22-16(19)11-6-12(17(20)23-2)8-13(7-11)24-18(21)15-9-10-4-3-5-14(10)25-15/h6-9H,3-5H2,1-2H3. The minimum Gasteiger partial charge on any atom is -0.465 e. The number of esters is 3. The summed E-state index contributed by atoms with van der Waals surface area (Å²) in [4.78, 5) is 37.6. The van der Waals surface area contributed by atoms with E-state index in [0.717, 1.165) is 19.3 Å². The van der Waals surface area contributed by atoms with Crippen molar-refractivity contribution in [3.8, 4) is 5.75 Å². The van der Waals surface area contributed by atoms with Gasteiger partial charge in [0.15, 0.2) is 0 Å². The number of fused-ring (bicyclic) bond motifs is 1. The van der Waals surface area contributed by atoms with E-state index < -0.39 is 17.9 Å². The Labute approximate surface area is 148 Å². The van der Waals surface area contributed by atoms with Crippen molar-refractivity contribution in [3.63, 3.8) is 0 Å². The first kappa shape index (κ1) is 17.2. The molecule has 7 heteroatoms. The van der Waals surface area contributed by atoms with Gasteiger partial charge in [0.05, 0.1) is 25.3 Å². The molecule has 25 heavy (non-hydrogen) atoms. The Hall–Kier alpha value is -2.67. The van der Waals surface area contributed by atoms with Crippen LogP contribution >= 0.6 is 11.3 Å². The predicted octanol–water partition coefficient (Wildman–Crippen LogP) is 3.03. The molecule has 0 radical (unpaired) electrons. The third-order valence-corrected chi connectivity index (χ3v) is 5.12. The second-order valence-electron chi connectivity index (χ2n) is 5.53. The van der Waals surface area contributed by atoms with Gasteiger partial charge in [0.25, 0.3) is 0 Å². The summed E-state index contributed by atoms with van der Waals surface area (Å²) in [6.45, 7) is 0. The molecule has 0 N–H and O–H groups in total. The highest BCUT2D eigenvalue weighted by Gasteiger charge is 2.21. The molecule has 0 aliphatic heterocycles. The van der Waals surface area contributed by atoms with Crippen LogP contribution in [0.1, 0.15) is 47.2 Å². The molecule has 0 atom stereocenters. The van der Waals surface area contributed by atoms with Gasteiger partial charge in [-0.15, -0.1) is 11.3 Å². The molecule has 1 heterocycles. The quantitative estimate of drug-likeness (QED) is 0.616. The number of aryl methyl sites for hydroxylation is 2. The van der Waals surface area contributed by atoms with Crippen LogP contribution in [-0.2, 0) is 22.3 Å². The van der Waals surface area contributed by atoms with Gasteiger partial charge in [-0.05, 0) is 49.1 Å². The Morgan fingerprint density at radius 1 is 0.880 bits per heavy atom.